The number of halogens is 1. The molecular weight excluding hydrogens is 384 g/mol. The van der Waals surface area contributed by atoms with Crippen molar-refractivity contribution in [2.24, 2.45) is 0 Å². The Morgan fingerprint density at radius 1 is 1.25 bits per heavy atom. The molecule has 0 spiro atoms. The highest BCUT2D eigenvalue weighted by Gasteiger charge is 2.34. The third kappa shape index (κ3) is 4.45. The standard InChI is InChI=1S/C19H23ClN4O4/c1-12(25)24-8-6-23(7-9-24)11-15-16(18(26)28-2)17(22-19(27)21-15)13-4-3-5-14(20)10-13/h3-5,10,17H,6-9,11H2,1-2H3,(H2,21,22,27)/t17-/m0/s1. The summed E-state index contributed by atoms with van der Waals surface area (Å²) in [5, 5.41) is 6.04. The highest BCUT2D eigenvalue weighted by Crippen LogP contribution is 2.29. The highest BCUT2D eigenvalue weighted by molar-refractivity contribution is 6.30. The summed E-state index contributed by atoms with van der Waals surface area (Å²) in [7, 11) is 1.31. The van der Waals surface area contributed by atoms with Crippen molar-refractivity contribution in [1.82, 2.24) is 20.4 Å². The maximum absolute atomic E-state index is 12.6. The monoisotopic (exact) mass is 406 g/mol. The van der Waals surface area contributed by atoms with Gasteiger partial charge in [-0.3, -0.25) is 9.69 Å². The van der Waals surface area contributed by atoms with Crippen LogP contribution in [0.5, 0.6) is 0 Å². The Morgan fingerprint density at radius 3 is 2.57 bits per heavy atom. The second-order valence-corrected chi connectivity index (χ2v) is 7.19. The Kier molecular flexibility index (Phi) is 6.21. The first-order valence-electron chi connectivity index (χ1n) is 9.01. The fraction of sp³-hybridized carbons (Fsp3) is 0.421. The molecule has 1 fully saturated rings. The molecule has 3 rings (SSSR count). The molecule has 0 unspecified atom stereocenters. The molecule has 0 saturated carbocycles. The number of rotatable bonds is 4. The minimum absolute atomic E-state index is 0.0466. The zero-order valence-electron chi connectivity index (χ0n) is 15.8. The van der Waals surface area contributed by atoms with Gasteiger partial charge in [-0.05, 0) is 17.7 Å². The van der Waals surface area contributed by atoms with E-state index in [1.807, 2.05) is 0 Å². The van der Waals surface area contributed by atoms with Gasteiger partial charge >= 0.3 is 12.0 Å². The molecule has 9 heteroatoms. The van der Waals surface area contributed by atoms with Gasteiger partial charge in [0.25, 0.3) is 0 Å². The van der Waals surface area contributed by atoms with Crippen LogP contribution in [0.25, 0.3) is 0 Å². The average Bonchev–Trinajstić information content (AvgIpc) is 2.67. The van der Waals surface area contributed by atoms with Crippen LogP contribution in [0.3, 0.4) is 0 Å². The minimum atomic E-state index is -0.659. The summed E-state index contributed by atoms with van der Waals surface area (Å²) < 4.78 is 4.98. The number of benzene rings is 1. The van der Waals surface area contributed by atoms with Gasteiger partial charge in [0, 0.05) is 50.4 Å². The summed E-state index contributed by atoms with van der Waals surface area (Å²) in [6.45, 7) is 4.46. The third-order valence-electron chi connectivity index (χ3n) is 4.94. The number of ether oxygens (including phenoxy) is 1. The zero-order chi connectivity index (χ0) is 20.3. The van der Waals surface area contributed by atoms with E-state index in [-0.39, 0.29) is 5.91 Å². The van der Waals surface area contributed by atoms with Gasteiger partial charge in [-0.15, -0.1) is 0 Å². The van der Waals surface area contributed by atoms with E-state index in [9.17, 15) is 14.4 Å². The first-order valence-corrected chi connectivity index (χ1v) is 9.39. The van der Waals surface area contributed by atoms with Crippen LogP contribution in [0, 0.1) is 0 Å². The molecule has 0 radical (unpaired) electrons. The van der Waals surface area contributed by atoms with Crippen molar-refractivity contribution in [1.29, 1.82) is 0 Å². The molecule has 2 heterocycles. The fourth-order valence-electron chi connectivity index (χ4n) is 3.47. The number of esters is 1. The molecule has 2 N–H and O–H groups in total. The zero-order valence-corrected chi connectivity index (χ0v) is 16.6. The number of amides is 3. The summed E-state index contributed by atoms with van der Waals surface area (Å²) in [4.78, 5) is 40.2. The second-order valence-electron chi connectivity index (χ2n) is 6.75. The Morgan fingerprint density at radius 2 is 1.96 bits per heavy atom. The van der Waals surface area contributed by atoms with Crippen LogP contribution in [0.4, 0.5) is 4.79 Å². The van der Waals surface area contributed by atoms with E-state index in [0.717, 1.165) is 0 Å². The Labute approximate surface area is 168 Å². The van der Waals surface area contributed by atoms with E-state index in [0.29, 0.717) is 54.6 Å². The van der Waals surface area contributed by atoms with Crippen LogP contribution in [-0.2, 0) is 14.3 Å². The van der Waals surface area contributed by atoms with Crippen molar-refractivity contribution in [3.63, 3.8) is 0 Å². The predicted octanol–water partition coefficient (Wildman–Crippen LogP) is 1.29. The van der Waals surface area contributed by atoms with Gasteiger partial charge in [0.2, 0.25) is 5.91 Å². The molecule has 2 aliphatic heterocycles. The lowest BCUT2D eigenvalue weighted by atomic mass is 9.95. The molecule has 0 aromatic heterocycles. The Hall–Kier alpha value is -2.58. The third-order valence-corrected chi connectivity index (χ3v) is 5.18. The van der Waals surface area contributed by atoms with Gasteiger partial charge in [0.05, 0.1) is 18.7 Å². The lowest BCUT2D eigenvalue weighted by molar-refractivity contribution is -0.136. The van der Waals surface area contributed by atoms with E-state index in [2.05, 4.69) is 15.5 Å². The van der Waals surface area contributed by atoms with Crippen molar-refractivity contribution < 1.29 is 19.1 Å². The van der Waals surface area contributed by atoms with E-state index >= 15 is 0 Å². The maximum atomic E-state index is 12.6. The van der Waals surface area contributed by atoms with E-state index in [1.165, 1.54) is 7.11 Å². The number of nitrogens with zero attached hydrogens (tertiary/aromatic N) is 2. The summed E-state index contributed by atoms with van der Waals surface area (Å²) in [5.41, 5.74) is 1.54. The van der Waals surface area contributed by atoms with Gasteiger partial charge in [-0.25, -0.2) is 9.59 Å². The van der Waals surface area contributed by atoms with Gasteiger partial charge in [-0.1, -0.05) is 23.7 Å². The summed E-state index contributed by atoms with van der Waals surface area (Å²) in [5.74, 6) is -0.472. The van der Waals surface area contributed by atoms with E-state index < -0.39 is 18.0 Å². The van der Waals surface area contributed by atoms with Crippen LogP contribution in [0.1, 0.15) is 18.5 Å². The van der Waals surface area contributed by atoms with Crippen LogP contribution < -0.4 is 10.6 Å². The van der Waals surface area contributed by atoms with Gasteiger partial charge in [-0.2, -0.15) is 0 Å². The van der Waals surface area contributed by atoms with Crippen molar-refractivity contribution in [2.75, 3.05) is 39.8 Å². The highest BCUT2D eigenvalue weighted by atomic mass is 35.5. The quantitative estimate of drug-likeness (QED) is 0.735. The largest absolute Gasteiger partial charge is 0.466 e. The topological polar surface area (TPSA) is 91.0 Å². The van der Waals surface area contributed by atoms with Crippen molar-refractivity contribution in [2.45, 2.75) is 13.0 Å². The number of hydrogen-bond acceptors (Lipinski definition) is 5. The van der Waals surface area contributed by atoms with Gasteiger partial charge in [0.15, 0.2) is 0 Å². The number of methoxy groups -OCH3 is 1. The Balaban J connectivity index is 1.89. The second kappa shape index (κ2) is 8.62. The normalized spacial score (nSPS) is 20.5. The van der Waals surface area contributed by atoms with Crippen molar-refractivity contribution >= 4 is 29.5 Å². The van der Waals surface area contributed by atoms with Gasteiger partial charge in [0.1, 0.15) is 0 Å². The smallest absolute Gasteiger partial charge is 0.338 e. The van der Waals surface area contributed by atoms with Crippen LogP contribution in [0.2, 0.25) is 5.02 Å². The SMILES string of the molecule is COC(=O)C1=C(CN2CCN(C(C)=O)CC2)NC(=O)N[C@H]1c1cccc(Cl)c1. The van der Waals surface area contributed by atoms with E-state index in [4.69, 9.17) is 16.3 Å². The molecule has 1 atom stereocenters. The number of urea groups is 1. The fourth-order valence-corrected chi connectivity index (χ4v) is 3.67. The molecule has 0 bridgehead atoms. The average molecular weight is 407 g/mol. The first kappa shape index (κ1) is 20.2. The minimum Gasteiger partial charge on any atom is -0.466 e. The predicted molar refractivity (Wildman–Crippen MR) is 104 cm³/mol. The number of carbonyl (C=O) groups is 3. The number of nitrogens with one attached hydrogen (secondary N) is 2. The van der Waals surface area contributed by atoms with Crippen LogP contribution >= 0.6 is 11.6 Å². The molecular formula is C19H23ClN4O4. The van der Waals surface area contributed by atoms with Crippen molar-refractivity contribution in [3.8, 4) is 0 Å². The van der Waals surface area contributed by atoms with E-state index in [1.54, 1.807) is 36.1 Å². The van der Waals surface area contributed by atoms with Crippen LogP contribution in [0.15, 0.2) is 35.5 Å². The van der Waals surface area contributed by atoms with Crippen molar-refractivity contribution in [3.05, 3.63) is 46.1 Å². The number of carbonyl (C=O) groups excluding carboxylic acids is 3. The lowest BCUT2D eigenvalue weighted by Gasteiger charge is -2.36. The number of piperazine rings is 1. The molecule has 8 nitrogen and oxygen atoms in total. The molecule has 1 aromatic rings. The first-order chi connectivity index (χ1) is 13.4. The molecule has 2 aliphatic rings. The molecule has 150 valence electrons. The summed E-state index contributed by atoms with van der Waals surface area (Å²) in [6.07, 6.45) is 0. The molecule has 3 amide bonds. The Bertz CT molecular complexity index is 818. The molecule has 28 heavy (non-hydrogen) atoms. The molecule has 0 aliphatic carbocycles. The van der Waals surface area contributed by atoms with Crippen LogP contribution in [-0.4, -0.2) is 67.5 Å². The lowest BCUT2D eigenvalue weighted by Crippen LogP contribution is -2.52. The maximum Gasteiger partial charge on any atom is 0.338 e. The van der Waals surface area contributed by atoms with Gasteiger partial charge < -0.3 is 20.3 Å². The summed E-state index contributed by atoms with van der Waals surface area (Å²) in [6, 6.07) is 5.95. The number of hydrogen-bond donors (Lipinski definition) is 2. The molecule has 1 aromatic carbocycles. The molecule has 1 saturated heterocycles. The summed E-state index contributed by atoms with van der Waals surface area (Å²) >= 11 is 6.09.